The van der Waals surface area contributed by atoms with Crippen LogP contribution in [0.4, 0.5) is 0 Å². The van der Waals surface area contributed by atoms with Gasteiger partial charge in [0.05, 0.1) is 5.92 Å². The Labute approximate surface area is 137 Å². The van der Waals surface area contributed by atoms with Gasteiger partial charge < -0.3 is 15.2 Å². The van der Waals surface area contributed by atoms with Crippen molar-refractivity contribution in [3.05, 3.63) is 35.9 Å². The van der Waals surface area contributed by atoms with Crippen LogP contribution < -0.4 is 5.32 Å². The summed E-state index contributed by atoms with van der Waals surface area (Å²) in [6.45, 7) is 3.48. The van der Waals surface area contributed by atoms with Gasteiger partial charge in [0.1, 0.15) is 0 Å². The molecule has 0 saturated carbocycles. The summed E-state index contributed by atoms with van der Waals surface area (Å²) in [5, 5.41) is 12.2. The van der Waals surface area contributed by atoms with Crippen LogP contribution in [0.3, 0.4) is 0 Å². The fraction of sp³-hybridized carbons (Fsp3) is 0.556. The van der Waals surface area contributed by atoms with Gasteiger partial charge in [-0.05, 0) is 30.7 Å². The van der Waals surface area contributed by atoms with Gasteiger partial charge in [-0.15, -0.1) is 0 Å². The fourth-order valence-corrected chi connectivity index (χ4v) is 2.96. The largest absolute Gasteiger partial charge is 0.481 e. The number of hydrogen-bond donors (Lipinski definition) is 2. The molecular weight excluding hydrogens is 294 g/mol. The molecule has 1 heterocycles. The van der Waals surface area contributed by atoms with Gasteiger partial charge >= 0.3 is 5.97 Å². The Hall–Kier alpha value is -1.88. The van der Waals surface area contributed by atoms with Crippen LogP contribution >= 0.6 is 0 Å². The van der Waals surface area contributed by atoms with E-state index in [1.54, 1.807) is 0 Å². The molecule has 5 heteroatoms. The highest BCUT2D eigenvalue weighted by Gasteiger charge is 2.27. The smallest absolute Gasteiger partial charge is 0.308 e. The summed E-state index contributed by atoms with van der Waals surface area (Å²) >= 11 is 0. The van der Waals surface area contributed by atoms with Gasteiger partial charge in [-0.25, -0.2) is 0 Å². The van der Waals surface area contributed by atoms with E-state index in [0.717, 1.165) is 18.4 Å². The third kappa shape index (κ3) is 5.36. The van der Waals surface area contributed by atoms with Gasteiger partial charge in [-0.3, -0.25) is 9.59 Å². The van der Waals surface area contributed by atoms with Crippen LogP contribution in [-0.4, -0.2) is 36.7 Å². The maximum absolute atomic E-state index is 12.3. The molecule has 1 aromatic rings. The van der Waals surface area contributed by atoms with Gasteiger partial charge in [0, 0.05) is 25.7 Å². The van der Waals surface area contributed by atoms with Crippen molar-refractivity contribution in [2.45, 2.75) is 26.2 Å². The minimum atomic E-state index is -0.882. The van der Waals surface area contributed by atoms with Gasteiger partial charge in [0.15, 0.2) is 0 Å². The summed E-state index contributed by atoms with van der Waals surface area (Å²) < 4.78 is 5.32. The monoisotopic (exact) mass is 319 g/mol. The standard InChI is InChI=1S/C18H25NO4/c1-13(15-7-9-23-10-8-15)17(20)19-12-16(18(21)22)11-14-5-3-2-4-6-14/h2-6,13,15-16H,7-12H2,1H3,(H,19,20)(H,21,22). The van der Waals surface area contributed by atoms with E-state index in [9.17, 15) is 14.7 Å². The molecule has 2 unspecified atom stereocenters. The predicted molar refractivity (Wildman–Crippen MR) is 87.0 cm³/mol. The van der Waals surface area contributed by atoms with Gasteiger partial charge in [-0.2, -0.15) is 0 Å². The molecule has 0 spiro atoms. The lowest BCUT2D eigenvalue weighted by Gasteiger charge is -2.27. The third-order valence-electron chi connectivity index (χ3n) is 4.58. The second-order valence-electron chi connectivity index (χ2n) is 6.21. The van der Waals surface area contributed by atoms with Crippen LogP contribution in [0.15, 0.2) is 30.3 Å². The zero-order valence-electron chi connectivity index (χ0n) is 13.5. The van der Waals surface area contributed by atoms with E-state index in [2.05, 4.69) is 5.32 Å². The Morgan fingerprint density at radius 2 is 1.91 bits per heavy atom. The first-order chi connectivity index (χ1) is 11.1. The number of carbonyl (C=O) groups excluding carboxylic acids is 1. The first kappa shape index (κ1) is 17.5. The van der Waals surface area contributed by atoms with Crippen molar-refractivity contribution in [2.24, 2.45) is 17.8 Å². The van der Waals surface area contributed by atoms with E-state index < -0.39 is 11.9 Å². The van der Waals surface area contributed by atoms with Crippen LogP contribution in [0.25, 0.3) is 0 Å². The van der Waals surface area contributed by atoms with Gasteiger partial charge in [0.2, 0.25) is 5.91 Å². The molecule has 2 rings (SSSR count). The molecule has 23 heavy (non-hydrogen) atoms. The molecule has 1 aliphatic heterocycles. The molecule has 1 fully saturated rings. The quantitative estimate of drug-likeness (QED) is 0.807. The second-order valence-corrected chi connectivity index (χ2v) is 6.21. The topological polar surface area (TPSA) is 75.6 Å². The third-order valence-corrected chi connectivity index (χ3v) is 4.58. The van der Waals surface area contributed by atoms with Crippen molar-refractivity contribution in [1.29, 1.82) is 0 Å². The summed E-state index contributed by atoms with van der Waals surface area (Å²) in [5.41, 5.74) is 0.964. The Morgan fingerprint density at radius 1 is 1.26 bits per heavy atom. The van der Waals surface area contributed by atoms with E-state index in [-0.39, 0.29) is 18.4 Å². The SMILES string of the molecule is CC(C(=O)NCC(Cc1ccccc1)C(=O)O)C1CCOCC1. The highest BCUT2D eigenvalue weighted by molar-refractivity contribution is 5.79. The Bertz CT molecular complexity index is 511. The molecular formula is C18H25NO4. The number of amides is 1. The summed E-state index contributed by atoms with van der Waals surface area (Å²) in [7, 11) is 0. The average molecular weight is 319 g/mol. The van der Waals surface area contributed by atoms with Crippen molar-refractivity contribution in [2.75, 3.05) is 19.8 Å². The Morgan fingerprint density at radius 3 is 2.52 bits per heavy atom. The minimum Gasteiger partial charge on any atom is -0.481 e. The summed E-state index contributed by atoms with van der Waals surface area (Å²) in [4.78, 5) is 23.7. The minimum absolute atomic E-state index is 0.0591. The van der Waals surface area contributed by atoms with Crippen LogP contribution in [-0.2, 0) is 20.7 Å². The molecule has 0 bridgehead atoms. The van der Waals surface area contributed by atoms with Crippen molar-refractivity contribution >= 4 is 11.9 Å². The summed E-state index contributed by atoms with van der Waals surface area (Å²) in [6.07, 6.45) is 2.20. The molecule has 0 aliphatic carbocycles. The molecule has 0 aromatic heterocycles. The van der Waals surface area contributed by atoms with Crippen molar-refractivity contribution in [1.82, 2.24) is 5.32 Å². The number of nitrogens with one attached hydrogen (secondary N) is 1. The number of carbonyl (C=O) groups is 2. The van der Waals surface area contributed by atoms with Crippen molar-refractivity contribution < 1.29 is 19.4 Å². The van der Waals surface area contributed by atoms with E-state index in [1.807, 2.05) is 37.3 Å². The fourth-order valence-electron chi connectivity index (χ4n) is 2.96. The number of carboxylic acid groups (broad SMARTS) is 1. The Kier molecular flexibility index (Phi) is 6.59. The van der Waals surface area contributed by atoms with Crippen molar-refractivity contribution in [3.8, 4) is 0 Å². The Balaban J connectivity index is 1.85. The molecule has 1 aliphatic rings. The molecule has 126 valence electrons. The average Bonchev–Trinajstić information content (AvgIpc) is 2.59. The molecule has 2 atom stereocenters. The number of carboxylic acids is 1. The van der Waals surface area contributed by atoms with E-state index >= 15 is 0 Å². The number of aliphatic carboxylic acids is 1. The molecule has 1 aromatic carbocycles. The van der Waals surface area contributed by atoms with Crippen LogP contribution in [0.1, 0.15) is 25.3 Å². The highest BCUT2D eigenvalue weighted by atomic mass is 16.5. The number of ether oxygens (including phenoxy) is 1. The van der Waals surface area contributed by atoms with Crippen LogP contribution in [0.5, 0.6) is 0 Å². The molecule has 2 N–H and O–H groups in total. The van der Waals surface area contributed by atoms with Gasteiger partial charge in [0.25, 0.3) is 0 Å². The first-order valence-corrected chi connectivity index (χ1v) is 8.20. The first-order valence-electron chi connectivity index (χ1n) is 8.20. The van der Waals surface area contributed by atoms with E-state index in [0.29, 0.717) is 25.6 Å². The van der Waals surface area contributed by atoms with Crippen LogP contribution in [0, 0.1) is 17.8 Å². The highest BCUT2D eigenvalue weighted by Crippen LogP contribution is 2.23. The lowest BCUT2D eigenvalue weighted by molar-refractivity contribution is -0.141. The lowest BCUT2D eigenvalue weighted by Crippen LogP contribution is -2.40. The predicted octanol–water partition coefficient (Wildman–Crippen LogP) is 2.11. The number of hydrogen-bond acceptors (Lipinski definition) is 3. The zero-order valence-corrected chi connectivity index (χ0v) is 13.5. The van der Waals surface area contributed by atoms with Crippen molar-refractivity contribution in [3.63, 3.8) is 0 Å². The summed E-state index contributed by atoms with van der Waals surface area (Å²) in [6, 6.07) is 9.49. The lowest BCUT2D eigenvalue weighted by atomic mass is 9.86. The van der Waals surface area contributed by atoms with E-state index in [1.165, 1.54) is 0 Å². The van der Waals surface area contributed by atoms with E-state index in [4.69, 9.17) is 4.74 Å². The normalized spacial score (nSPS) is 18.1. The second kappa shape index (κ2) is 8.67. The summed E-state index contributed by atoms with van der Waals surface area (Å²) in [5.74, 6) is -1.33. The molecule has 1 saturated heterocycles. The zero-order chi connectivity index (χ0) is 16.7. The molecule has 0 radical (unpaired) electrons. The molecule has 1 amide bonds. The van der Waals surface area contributed by atoms with Gasteiger partial charge in [-0.1, -0.05) is 37.3 Å². The maximum Gasteiger partial charge on any atom is 0.308 e. The maximum atomic E-state index is 12.3. The number of rotatable bonds is 7. The molecule has 5 nitrogen and oxygen atoms in total. The number of benzene rings is 1. The van der Waals surface area contributed by atoms with Crippen LogP contribution in [0.2, 0.25) is 0 Å².